The molecule has 0 atom stereocenters. The number of aromatic carboxylic acids is 1. The number of aromatic amines is 1. The molecule has 1 aromatic rings. The highest BCUT2D eigenvalue weighted by atomic mass is 32.2. The van der Waals surface area contributed by atoms with Gasteiger partial charge in [0.1, 0.15) is 4.90 Å². The van der Waals surface area contributed by atoms with Crippen LogP contribution in [0.15, 0.2) is 4.90 Å². The highest BCUT2D eigenvalue weighted by Crippen LogP contribution is 2.21. The van der Waals surface area contributed by atoms with Crippen LogP contribution in [0.2, 0.25) is 0 Å². The molecule has 0 aliphatic heterocycles. The maximum Gasteiger partial charge on any atom is 0.357 e. The summed E-state index contributed by atoms with van der Waals surface area (Å²) in [5.74, 6) is -1.88. The van der Waals surface area contributed by atoms with Crippen LogP contribution in [0.5, 0.6) is 0 Å². The lowest BCUT2D eigenvalue weighted by molar-refractivity contribution is -0.128. The van der Waals surface area contributed by atoms with Crippen LogP contribution in [0.3, 0.4) is 0 Å². The second-order valence-electron chi connectivity index (χ2n) is 4.38. The van der Waals surface area contributed by atoms with E-state index in [1.807, 2.05) is 0 Å². The van der Waals surface area contributed by atoms with E-state index >= 15 is 0 Å². The number of likely N-dealkylation sites (N-methyl/N-ethyl adjacent to an activating group) is 2. The van der Waals surface area contributed by atoms with E-state index in [2.05, 4.69) is 10.2 Å². The number of carbonyl (C=O) groups excluding carboxylic acids is 1. The van der Waals surface area contributed by atoms with Crippen molar-refractivity contribution in [2.75, 3.05) is 27.7 Å². The zero-order valence-corrected chi connectivity index (χ0v) is 12.4. The Morgan fingerprint density at radius 2 is 1.85 bits per heavy atom. The molecule has 10 heteroatoms. The molecule has 20 heavy (non-hydrogen) atoms. The van der Waals surface area contributed by atoms with Crippen molar-refractivity contribution in [3.8, 4) is 0 Å². The van der Waals surface area contributed by atoms with Gasteiger partial charge < -0.3 is 10.0 Å². The quantitative estimate of drug-likeness (QED) is 0.728. The van der Waals surface area contributed by atoms with Crippen LogP contribution in [-0.2, 0) is 14.8 Å². The SMILES string of the molecule is Cc1[nH]nc(C(=O)O)c1S(=O)(=O)N(C)CC(=O)N(C)C. The maximum absolute atomic E-state index is 12.3. The molecule has 0 aliphatic rings. The van der Waals surface area contributed by atoms with E-state index in [1.165, 1.54) is 33.0 Å². The first-order chi connectivity index (χ1) is 9.09. The summed E-state index contributed by atoms with van der Waals surface area (Å²) < 4.78 is 25.4. The van der Waals surface area contributed by atoms with Gasteiger partial charge in [-0.25, -0.2) is 13.2 Å². The minimum absolute atomic E-state index is 0.103. The minimum atomic E-state index is -4.12. The van der Waals surface area contributed by atoms with Crippen molar-refractivity contribution in [1.29, 1.82) is 0 Å². The number of rotatable bonds is 5. The van der Waals surface area contributed by atoms with E-state index in [-0.39, 0.29) is 12.2 Å². The van der Waals surface area contributed by atoms with Crippen molar-refractivity contribution < 1.29 is 23.1 Å². The van der Waals surface area contributed by atoms with Crippen LogP contribution in [-0.4, -0.2) is 72.5 Å². The molecule has 0 aromatic carbocycles. The van der Waals surface area contributed by atoms with Gasteiger partial charge in [0, 0.05) is 21.1 Å². The summed E-state index contributed by atoms with van der Waals surface area (Å²) in [6.07, 6.45) is 0. The molecule has 0 fully saturated rings. The lowest BCUT2D eigenvalue weighted by Crippen LogP contribution is -2.38. The first-order valence-electron chi connectivity index (χ1n) is 5.53. The number of carboxylic acid groups (broad SMARTS) is 1. The number of sulfonamides is 1. The molecule has 1 rings (SSSR count). The first kappa shape index (κ1) is 16.1. The molecule has 1 aromatic heterocycles. The minimum Gasteiger partial charge on any atom is -0.476 e. The van der Waals surface area contributed by atoms with Crippen molar-refractivity contribution in [2.24, 2.45) is 0 Å². The smallest absolute Gasteiger partial charge is 0.357 e. The molecule has 0 unspecified atom stereocenters. The summed E-state index contributed by atoms with van der Waals surface area (Å²) in [5, 5.41) is 14.7. The Balaban J connectivity index is 3.21. The number of carboxylic acids is 1. The fourth-order valence-electron chi connectivity index (χ4n) is 1.45. The predicted molar refractivity (Wildman–Crippen MR) is 68.8 cm³/mol. The van der Waals surface area contributed by atoms with E-state index in [1.54, 1.807) is 0 Å². The second-order valence-corrected chi connectivity index (χ2v) is 6.36. The standard InChI is InChI=1S/C10H16N4O5S/c1-6-9(8(10(16)17)12-11-6)20(18,19)14(4)5-7(15)13(2)3/h5H2,1-4H3,(H,11,12)(H,16,17). The van der Waals surface area contributed by atoms with Gasteiger partial charge in [0.25, 0.3) is 0 Å². The van der Waals surface area contributed by atoms with Crippen LogP contribution in [0, 0.1) is 6.92 Å². The Labute approximate surface area is 116 Å². The summed E-state index contributed by atoms with van der Waals surface area (Å²) in [4.78, 5) is 23.4. The molecule has 1 amide bonds. The van der Waals surface area contributed by atoms with Gasteiger partial charge in [-0.15, -0.1) is 0 Å². The van der Waals surface area contributed by atoms with Gasteiger partial charge in [-0.3, -0.25) is 9.89 Å². The maximum atomic E-state index is 12.3. The summed E-state index contributed by atoms with van der Waals surface area (Å²) >= 11 is 0. The molecule has 0 saturated heterocycles. The van der Waals surface area contributed by atoms with Crippen molar-refractivity contribution in [3.05, 3.63) is 11.4 Å². The zero-order chi connectivity index (χ0) is 15.7. The lowest BCUT2D eigenvalue weighted by Gasteiger charge is -2.19. The molecule has 0 saturated carbocycles. The van der Waals surface area contributed by atoms with Gasteiger partial charge in [0.05, 0.1) is 12.2 Å². The molecule has 0 spiro atoms. The third-order valence-corrected chi connectivity index (χ3v) is 4.58. The third kappa shape index (κ3) is 2.96. The fourth-order valence-corrected chi connectivity index (χ4v) is 2.85. The van der Waals surface area contributed by atoms with Gasteiger partial charge in [0.15, 0.2) is 5.69 Å². The molecule has 9 nitrogen and oxygen atoms in total. The number of amides is 1. The number of H-pyrrole nitrogens is 1. The predicted octanol–water partition coefficient (Wildman–Crippen LogP) is -0.875. The van der Waals surface area contributed by atoms with Crippen molar-refractivity contribution in [1.82, 2.24) is 19.4 Å². The Morgan fingerprint density at radius 3 is 2.30 bits per heavy atom. The van der Waals surface area contributed by atoms with Gasteiger partial charge in [-0.2, -0.15) is 9.40 Å². The van der Waals surface area contributed by atoms with Crippen molar-refractivity contribution in [2.45, 2.75) is 11.8 Å². The Hall–Kier alpha value is -1.94. The molecular formula is C10H16N4O5S. The topological polar surface area (TPSA) is 124 Å². The lowest BCUT2D eigenvalue weighted by atomic mass is 10.4. The van der Waals surface area contributed by atoms with Gasteiger partial charge in [0.2, 0.25) is 15.9 Å². The molecular weight excluding hydrogens is 288 g/mol. The molecule has 1 heterocycles. The number of nitrogens with zero attached hydrogens (tertiary/aromatic N) is 3. The van der Waals surface area contributed by atoms with Gasteiger partial charge in [-0.1, -0.05) is 0 Å². The summed E-state index contributed by atoms with van der Waals surface area (Å²) in [6.45, 7) is 1.01. The first-order valence-corrected chi connectivity index (χ1v) is 6.97. The number of nitrogens with one attached hydrogen (secondary N) is 1. The Bertz CT molecular complexity index is 634. The van der Waals surface area contributed by atoms with Gasteiger partial charge in [-0.05, 0) is 6.92 Å². The Kier molecular flexibility index (Phi) is 4.50. The molecule has 112 valence electrons. The van der Waals surface area contributed by atoms with Crippen LogP contribution >= 0.6 is 0 Å². The summed E-state index contributed by atoms with van der Waals surface area (Å²) in [6, 6.07) is 0. The van der Waals surface area contributed by atoms with E-state index in [0.717, 1.165) is 4.31 Å². The molecule has 2 N–H and O–H groups in total. The number of carbonyl (C=O) groups is 2. The highest BCUT2D eigenvalue weighted by molar-refractivity contribution is 7.89. The largest absolute Gasteiger partial charge is 0.476 e. The normalized spacial score (nSPS) is 11.7. The fraction of sp³-hybridized carbons (Fsp3) is 0.500. The average Bonchev–Trinajstić information content (AvgIpc) is 2.71. The summed E-state index contributed by atoms with van der Waals surface area (Å²) in [7, 11) is 0.0731. The highest BCUT2D eigenvalue weighted by Gasteiger charge is 2.32. The number of aromatic nitrogens is 2. The van der Waals surface area contributed by atoms with Crippen molar-refractivity contribution in [3.63, 3.8) is 0 Å². The van der Waals surface area contributed by atoms with Crippen LogP contribution < -0.4 is 0 Å². The molecule has 0 bridgehead atoms. The monoisotopic (exact) mass is 304 g/mol. The average molecular weight is 304 g/mol. The van der Waals surface area contributed by atoms with Crippen LogP contribution in [0.4, 0.5) is 0 Å². The number of hydrogen-bond acceptors (Lipinski definition) is 5. The van der Waals surface area contributed by atoms with E-state index in [0.29, 0.717) is 0 Å². The molecule has 0 radical (unpaired) electrons. The number of aryl methyl sites for hydroxylation is 1. The van der Waals surface area contributed by atoms with Crippen molar-refractivity contribution >= 4 is 21.9 Å². The van der Waals surface area contributed by atoms with Gasteiger partial charge >= 0.3 is 5.97 Å². The van der Waals surface area contributed by atoms with E-state index in [4.69, 9.17) is 5.11 Å². The molecule has 0 aliphatic carbocycles. The van der Waals surface area contributed by atoms with Crippen LogP contribution in [0.1, 0.15) is 16.2 Å². The zero-order valence-electron chi connectivity index (χ0n) is 11.5. The third-order valence-electron chi connectivity index (χ3n) is 2.62. The van der Waals surface area contributed by atoms with E-state index < -0.39 is 32.5 Å². The Morgan fingerprint density at radius 1 is 1.30 bits per heavy atom. The number of hydrogen-bond donors (Lipinski definition) is 2. The summed E-state index contributed by atoms with van der Waals surface area (Å²) in [5.41, 5.74) is -0.488. The van der Waals surface area contributed by atoms with E-state index in [9.17, 15) is 18.0 Å². The van der Waals surface area contributed by atoms with Crippen LogP contribution in [0.25, 0.3) is 0 Å². The second kappa shape index (κ2) is 5.59.